The van der Waals surface area contributed by atoms with Gasteiger partial charge in [0.2, 0.25) is 5.89 Å². The molecule has 0 saturated carbocycles. The van der Waals surface area contributed by atoms with Crippen molar-refractivity contribution in [1.29, 1.82) is 0 Å². The Morgan fingerprint density at radius 2 is 1.77 bits per heavy atom. The lowest BCUT2D eigenvalue weighted by atomic mass is 10.2. The quantitative estimate of drug-likeness (QED) is 0.793. The highest BCUT2D eigenvalue weighted by Gasteiger charge is 2.25. The van der Waals surface area contributed by atoms with Crippen LogP contribution < -0.4 is 10.6 Å². The van der Waals surface area contributed by atoms with E-state index in [9.17, 15) is 14.4 Å². The molecule has 2 rings (SSSR count). The van der Waals surface area contributed by atoms with Crippen molar-refractivity contribution < 1.29 is 23.5 Å². The van der Waals surface area contributed by atoms with Gasteiger partial charge in [-0.05, 0) is 39.8 Å². The average Bonchev–Trinajstić information content (AvgIpc) is 2.96. The number of rotatable bonds is 5. The third-order valence-electron chi connectivity index (χ3n) is 3.32. The van der Waals surface area contributed by atoms with Gasteiger partial charge in [0, 0.05) is 11.6 Å². The fourth-order valence-electron chi connectivity index (χ4n) is 2.07. The van der Waals surface area contributed by atoms with Gasteiger partial charge in [0.1, 0.15) is 5.76 Å². The smallest absolute Gasteiger partial charge is 0.361 e. The highest BCUT2D eigenvalue weighted by Crippen LogP contribution is 2.22. The molecule has 138 valence electrons. The van der Waals surface area contributed by atoms with Crippen molar-refractivity contribution in [2.45, 2.75) is 39.8 Å². The Labute approximate surface area is 150 Å². The first kappa shape index (κ1) is 19.2. The Morgan fingerprint density at radius 1 is 1.12 bits per heavy atom. The monoisotopic (exact) mass is 359 g/mol. The second-order valence-corrected chi connectivity index (χ2v) is 5.95. The van der Waals surface area contributed by atoms with Crippen LogP contribution in [0.3, 0.4) is 0 Å². The molecule has 0 unspecified atom stereocenters. The number of carbonyl (C=O) groups excluding carboxylic acids is 3. The minimum absolute atomic E-state index is 0.0184. The Balaban J connectivity index is 2.02. The first-order valence-corrected chi connectivity index (χ1v) is 8.13. The van der Waals surface area contributed by atoms with Crippen LogP contribution in [0.25, 0.3) is 11.5 Å². The largest absolute Gasteiger partial charge is 0.448 e. The van der Waals surface area contributed by atoms with E-state index in [0.717, 1.165) is 0 Å². The number of amides is 3. The number of oxazole rings is 1. The number of hydrogen-bond donors (Lipinski definition) is 2. The first-order chi connectivity index (χ1) is 12.3. The minimum Gasteiger partial charge on any atom is -0.448 e. The molecule has 0 bridgehead atoms. The van der Waals surface area contributed by atoms with Crippen LogP contribution in [0.5, 0.6) is 0 Å². The summed E-state index contributed by atoms with van der Waals surface area (Å²) in [5.74, 6) is -0.983. The fourth-order valence-corrected chi connectivity index (χ4v) is 2.07. The van der Waals surface area contributed by atoms with E-state index in [1.807, 2.05) is 18.2 Å². The molecule has 0 radical (unpaired) electrons. The Bertz CT molecular complexity index is 798. The van der Waals surface area contributed by atoms with E-state index in [2.05, 4.69) is 15.6 Å². The van der Waals surface area contributed by atoms with Crippen LogP contribution in [-0.4, -0.2) is 35.0 Å². The molecular weight excluding hydrogens is 338 g/mol. The summed E-state index contributed by atoms with van der Waals surface area (Å²) in [7, 11) is 0. The molecule has 0 fully saturated rings. The normalized spacial score (nSPS) is 11.7. The van der Waals surface area contributed by atoms with E-state index in [1.165, 1.54) is 6.92 Å². The Hall–Kier alpha value is -3.16. The number of hydrogen-bond acceptors (Lipinski definition) is 6. The van der Waals surface area contributed by atoms with Crippen LogP contribution in [-0.2, 0) is 9.53 Å². The van der Waals surface area contributed by atoms with Crippen molar-refractivity contribution in [3.8, 4) is 11.5 Å². The lowest BCUT2D eigenvalue weighted by molar-refractivity contribution is -0.127. The molecule has 2 N–H and O–H groups in total. The third kappa shape index (κ3) is 4.92. The summed E-state index contributed by atoms with van der Waals surface area (Å²) < 4.78 is 10.6. The second kappa shape index (κ2) is 8.28. The molecule has 0 aliphatic rings. The van der Waals surface area contributed by atoms with Gasteiger partial charge >= 0.3 is 12.0 Å². The van der Waals surface area contributed by atoms with Crippen molar-refractivity contribution in [3.63, 3.8) is 0 Å². The average molecular weight is 359 g/mol. The molecule has 2 aromatic rings. The van der Waals surface area contributed by atoms with Gasteiger partial charge in [-0.15, -0.1) is 0 Å². The summed E-state index contributed by atoms with van der Waals surface area (Å²) >= 11 is 0. The van der Waals surface area contributed by atoms with Crippen LogP contribution in [0.1, 0.15) is 37.0 Å². The van der Waals surface area contributed by atoms with Crippen molar-refractivity contribution in [1.82, 2.24) is 15.6 Å². The molecule has 0 aliphatic carbocycles. The molecule has 1 aromatic heterocycles. The van der Waals surface area contributed by atoms with Gasteiger partial charge in [0.25, 0.3) is 5.91 Å². The molecule has 1 aromatic carbocycles. The minimum atomic E-state index is -1.17. The van der Waals surface area contributed by atoms with E-state index in [1.54, 1.807) is 32.9 Å². The summed E-state index contributed by atoms with van der Waals surface area (Å²) in [5.41, 5.74) is 0.695. The highest BCUT2D eigenvalue weighted by atomic mass is 16.5. The number of ether oxygens (including phenoxy) is 1. The topological polar surface area (TPSA) is 111 Å². The van der Waals surface area contributed by atoms with Crippen LogP contribution in [0.2, 0.25) is 0 Å². The van der Waals surface area contributed by atoms with Crippen molar-refractivity contribution in [2.75, 3.05) is 0 Å². The molecule has 3 amide bonds. The van der Waals surface area contributed by atoms with Gasteiger partial charge in [0.15, 0.2) is 11.8 Å². The lowest BCUT2D eigenvalue weighted by Crippen LogP contribution is -2.46. The molecule has 0 spiro atoms. The van der Waals surface area contributed by atoms with Gasteiger partial charge in [-0.1, -0.05) is 18.2 Å². The number of nitrogens with zero attached hydrogens (tertiary/aromatic N) is 1. The summed E-state index contributed by atoms with van der Waals surface area (Å²) in [6, 6.07) is 8.30. The number of carbonyl (C=O) groups is 3. The predicted molar refractivity (Wildman–Crippen MR) is 93.4 cm³/mol. The zero-order valence-electron chi connectivity index (χ0n) is 15.0. The van der Waals surface area contributed by atoms with E-state index < -0.39 is 24.0 Å². The Kier molecular flexibility index (Phi) is 6.11. The van der Waals surface area contributed by atoms with Gasteiger partial charge in [-0.25, -0.2) is 14.6 Å². The number of imide groups is 1. The third-order valence-corrected chi connectivity index (χ3v) is 3.32. The molecule has 26 heavy (non-hydrogen) atoms. The molecule has 0 saturated heterocycles. The zero-order chi connectivity index (χ0) is 19.3. The number of aryl methyl sites for hydroxylation is 1. The Morgan fingerprint density at radius 3 is 2.38 bits per heavy atom. The number of nitrogens with one attached hydrogen (secondary N) is 2. The maximum Gasteiger partial charge on any atom is 0.361 e. The van der Waals surface area contributed by atoms with E-state index in [0.29, 0.717) is 5.56 Å². The molecule has 8 nitrogen and oxygen atoms in total. The second-order valence-electron chi connectivity index (χ2n) is 5.95. The van der Waals surface area contributed by atoms with Crippen molar-refractivity contribution >= 4 is 17.9 Å². The molecule has 0 aliphatic heterocycles. The van der Waals surface area contributed by atoms with Crippen molar-refractivity contribution in [2.24, 2.45) is 0 Å². The molecule has 8 heteroatoms. The SMILES string of the molecule is Cc1oc(-c2ccccc2)nc1C(=O)O[C@H](C)C(=O)NC(=O)NC(C)C. The zero-order valence-corrected chi connectivity index (χ0v) is 15.0. The standard InChI is InChI=1S/C18H21N3O5/c1-10(2)19-18(24)21-15(22)12(4)26-17(23)14-11(3)25-16(20-14)13-8-6-5-7-9-13/h5-10,12H,1-4H3,(H2,19,21,22,24)/t12-/m1/s1. The van der Waals surface area contributed by atoms with Gasteiger partial charge in [0.05, 0.1) is 0 Å². The maximum atomic E-state index is 12.3. The summed E-state index contributed by atoms with van der Waals surface area (Å²) in [4.78, 5) is 39.9. The first-order valence-electron chi connectivity index (χ1n) is 8.13. The van der Waals surface area contributed by atoms with Crippen LogP contribution >= 0.6 is 0 Å². The molecular formula is C18H21N3O5. The van der Waals surface area contributed by atoms with E-state index >= 15 is 0 Å². The van der Waals surface area contributed by atoms with Crippen molar-refractivity contribution in [3.05, 3.63) is 41.8 Å². The summed E-state index contributed by atoms with van der Waals surface area (Å²) in [6.45, 7) is 6.45. The van der Waals surface area contributed by atoms with Crippen LogP contribution in [0.4, 0.5) is 4.79 Å². The summed E-state index contributed by atoms with van der Waals surface area (Å²) in [6.07, 6.45) is -1.17. The van der Waals surface area contributed by atoms with E-state index in [-0.39, 0.29) is 23.4 Å². The van der Waals surface area contributed by atoms with Crippen LogP contribution in [0, 0.1) is 6.92 Å². The number of aromatic nitrogens is 1. The van der Waals surface area contributed by atoms with Gasteiger partial charge < -0.3 is 14.5 Å². The predicted octanol–water partition coefficient (Wildman–Crippen LogP) is 2.43. The fraction of sp³-hybridized carbons (Fsp3) is 0.333. The highest BCUT2D eigenvalue weighted by molar-refractivity contribution is 5.98. The molecule has 1 heterocycles. The van der Waals surface area contributed by atoms with E-state index in [4.69, 9.17) is 9.15 Å². The van der Waals surface area contributed by atoms with Gasteiger partial charge in [-0.3, -0.25) is 10.1 Å². The van der Waals surface area contributed by atoms with Gasteiger partial charge in [-0.2, -0.15) is 0 Å². The summed E-state index contributed by atoms with van der Waals surface area (Å²) in [5, 5.41) is 4.61. The number of esters is 1. The molecule has 1 atom stereocenters. The lowest BCUT2D eigenvalue weighted by Gasteiger charge is -2.13. The number of benzene rings is 1. The number of urea groups is 1. The van der Waals surface area contributed by atoms with Crippen LogP contribution in [0.15, 0.2) is 34.7 Å². The maximum absolute atomic E-state index is 12.3.